The molecule has 6 nitrogen and oxygen atoms in total. The highest BCUT2D eigenvalue weighted by Crippen LogP contribution is 2.37. The van der Waals surface area contributed by atoms with Crippen molar-refractivity contribution in [3.05, 3.63) is 34.3 Å². The fourth-order valence-corrected chi connectivity index (χ4v) is 2.18. The molecule has 0 bridgehead atoms. The van der Waals surface area contributed by atoms with Crippen LogP contribution >= 0.6 is 15.9 Å². The van der Waals surface area contributed by atoms with Crippen LogP contribution in [-0.4, -0.2) is 27.0 Å². The van der Waals surface area contributed by atoms with Gasteiger partial charge < -0.3 is 19.1 Å². The lowest BCUT2D eigenvalue weighted by Crippen LogP contribution is -2.04. The molecule has 2 rings (SSSR count). The van der Waals surface area contributed by atoms with E-state index in [2.05, 4.69) is 26.1 Å². The predicted octanol–water partition coefficient (Wildman–Crippen LogP) is 1.66. The maximum absolute atomic E-state index is 9.15. The van der Waals surface area contributed by atoms with E-state index in [1.807, 2.05) is 7.05 Å². The van der Waals surface area contributed by atoms with Crippen LogP contribution in [0, 0.1) is 0 Å². The predicted molar refractivity (Wildman–Crippen MR) is 72.0 cm³/mol. The molecule has 1 aromatic carbocycles. The molecule has 0 aliphatic carbocycles. The second kappa shape index (κ2) is 6.03. The third-order valence-electron chi connectivity index (χ3n) is 2.62. The van der Waals surface area contributed by atoms with Gasteiger partial charge in [0, 0.05) is 7.05 Å². The van der Waals surface area contributed by atoms with E-state index < -0.39 is 0 Å². The van der Waals surface area contributed by atoms with E-state index in [9.17, 15) is 0 Å². The van der Waals surface area contributed by atoms with Crippen LogP contribution in [0.3, 0.4) is 0 Å². The van der Waals surface area contributed by atoms with Crippen molar-refractivity contribution in [3.63, 3.8) is 0 Å². The van der Waals surface area contributed by atoms with Gasteiger partial charge in [0.15, 0.2) is 17.3 Å². The lowest BCUT2D eigenvalue weighted by Gasteiger charge is -2.13. The fraction of sp³-hybridized carbons (Fsp3) is 0.333. The van der Waals surface area contributed by atoms with Crippen LogP contribution < -0.4 is 9.47 Å². The van der Waals surface area contributed by atoms with Crippen LogP contribution in [0.4, 0.5) is 0 Å². The van der Waals surface area contributed by atoms with Gasteiger partial charge in [0.25, 0.3) is 0 Å². The summed E-state index contributed by atoms with van der Waals surface area (Å²) in [4.78, 5) is 0. The summed E-state index contributed by atoms with van der Waals surface area (Å²) in [5, 5.41) is 16.9. The Morgan fingerprint density at radius 1 is 1.42 bits per heavy atom. The Kier molecular flexibility index (Phi) is 4.39. The van der Waals surface area contributed by atoms with Crippen LogP contribution in [0.5, 0.6) is 11.5 Å². The number of hydrogen-bond donors (Lipinski definition) is 1. The third kappa shape index (κ3) is 3.05. The second-order valence-electron chi connectivity index (χ2n) is 3.91. The molecular weight excluding hydrogens is 314 g/mol. The molecule has 7 heteroatoms. The Balaban J connectivity index is 2.22. The number of aryl methyl sites for hydroxylation is 1. The van der Waals surface area contributed by atoms with Crippen molar-refractivity contribution in [2.75, 3.05) is 7.11 Å². The lowest BCUT2D eigenvalue weighted by molar-refractivity contribution is 0.266. The standard InChI is InChI=1S/C12H14BrN3O3/c1-16-7-14-15-11(16)6-19-12-9(13)3-8(5-17)4-10(12)18-2/h3-4,7,17H,5-6H2,1-2H3. The number of aliphatic hydroxyl groups excluding tert-OH is 1. The zero-order valence-electron chi connectivity index (χ0n) is 10.6. The Labute approximate surface area is 119 Å². The molecule has 102 valence electrons. The second-order valence-corrected chi connectivity index (χ2v) is 4.77. The largest absolute Gasteiger partial charge is 0.493 e. The summed E-state index contributed by atoms with van der Waals surface area (Å²) in [5.41, 5.74) is 0.745. The quantitative estimate of drug-likeness (QED) is 0.904. The smallest absolute Gasteiger partial charge is 0.176 e. The average molecular weight is 328 g/mol. The lowest BCUT2D eigenvalue weighted by atomic mass is 10.2. The number of aliphatic hydroxyl groups is 1. The van der Waals surface area contributed by atoms with Crippen LogP contribution in [0.2, 0.25) is 0 Å². The SMILES string of the molecule is COc1cc(CO)cc(Br)c1OCc1nncn1C. The van der Waals surface area contributed by atoms with E-state index in [0.717, 1.165) is 10.0 Å². The molecule has 0 aliphatic rings. The first-order valence-electron chi connectivity index (χ1n) is 5.58. The van der Waals surface area contributed by atoms with E-state index in [0.29, 0.717) is 17.3 Å². The van der Waals surface area contributed by atoms with Gasteiger partial charge in [-0.15, -0.1) is 10.2 Å². The highest BCUT2D eigenvalue weighted by Gasteiger charge is 2.12. The van der Waals surface area contributed by atoms with Crippen LogP contribution in [0.15, 0.2) is 22.9 Å². The van der Waals surface area contributed by atoms with Crippen molar-refractivity contribution in [1.29, 1.82) is 0 Å². The monoisotopic (exact) mass is 327 g/mol. The highest BCUT2D eigenvalue weighted by molar-refractivity contribution is 9.10. The van der Waals surface area contributed by atoms with Gasteiger partial charge in [0.1, 0.15) is 12.9 Å². The average Bonchev–Trinajstić information content (AvgIpc) is 2.82. The molecule has 0 saturated heterocycles. The van der Waals surface area contributed by atoms with Gasteiger partial charge in [-0.2, -0.15) is 0 Å². The van der Waals surface area contributed by atoms with Gasteiger partial charge in [-0.25, -0.2) is 0 Å². The molecule has 0 amide bonds. The molecule has 19 heavy (non-hydrogen) atoms. The van der Waals surface area contributed by atoms with Crippen molar-refractivity contribution >= 4 is 15.9 Å². The van der Waals surface area contributed by atoms with Crippen molar-refractivity contribution in [1.82, 2.24) is 14.8 Å². The van der Waals surface area contributed by atoms with Crippen LogP contribution in [0.1, 0.15) is 11.4 Å². The summed E-state index contributed by atoms with van der Waals surface area (Å²) in [5.74, 6) is 1.84. The Bertz CT molecular complexity index is 571. The van der Waals surface area contributed by atoms with Gasteiger partial charge >= 0.3 is 0 Å². The first kappa shape index (κ1) is 13.8. The Morgan fingerprint density at radius 3 is 2.79 bits per heavy atom. The number of ether oxygens (including phenoxy) is 2. The Morgan fingerprint density at radius 2 is 2.21 bits per heavy atom. The molecule has 0 saturated carbocycles. The van der Waals surface area contributed by atoms with Crippen molar-refractivity contribution in [2.24, 2.45) is 7.05 Å². The summed E-state index contributed by atoms with van der Waals surface area (Å²) < 4.78 is 13.5. The molecule has 0 aliphatic heterocycles. The summed E-state index contributed by atoms with van der Waals surface area (Å²) in [6.07, 6.45) is 1.61. The first-order valence-corrected chi connectivity index (χ1v) is 6.38. The maximum Gasteiger partial charge on any atom is 0.176 e. The van der Waals surface area contributed by atoms with Gasteiger partial charge in [-0.1, -0.05) is 0 Å². The van der Waals surface area contributed by atoms with Gasteiger partial charge in [-0.05, 0) is 33.6 Å². The molecule has 1 N–H and O–H groups in total. The zero-order valence-corrected chi connectivity index (χ0v) is 12.2. The molecule has 2 aromatic rings. The maximum atomic E-state index is 9.15. The van der Waals surface area contributed by atoms with Crippen molar-refractivity contribution in [3.8, 4) is 11.5 Å². The summed E-state index contributed by atoms with van der Waals surface area (Å²) in [6.45, 7) is 0.225. The number of rotatable bonds is 5. The Hall–Kier alpha value is -1.60. The number of methoxy groups -OCH3 is 1. The number of nitrogens with zero attached hydrogens (tertiary/aromatic N) is 3. The summed E-state index contributed by atoms with van der Waals surface area (Å²) in [6, 6.07) is 3.52. The van der Waals surface area contributed by atoms with Crippen molar-refractivity contribution in [2.45, 2.75) is 13.2 Å². The van der Waals surface area contributed by atoms with E-state index in [4.69, 9.17) is 14.6 Å². The molecule has 0 unspecified atom stereocenters. The van der Waals surface area contributed by atoms with E-state index in [-0.39, 0.29) is 13.2 Å². The topological polar surface area (TPSA) is 69.4 Å². The molecule has 0 spiro atoms. The van der Waals surface area contributed by atoms with E-state index in [1.165, 1.54) is 0 Å². The minimum absolute atomic E-state index is 0.0570. The molecule has 1 heterocycles. The fourth-order valence-electron chi connectivity index (χ4n) is 1.58. The number of benzene rings is 1. The van der Waals surface area contributed by atoms with Gasteiger partial charge in [0.2, 0.25) is 0 Å². The highest BCUT2D eigenvalue weighted by atomic mass is 79.9. The molecule has 0 radical (unpaired) electrons. The molecule has 0 atom stereocenters. The summed E-state index contributed by atoms with van der Waals surface area (Å²) in [7, 11) is 3.40. The first-order chi connectivity index (χ1) is 9.15. The number of halogens is 1. The van der Waals surface area contributed by atoms with Crippen LogP contribution in [0.25, 0.3) is 0 Å². The van der Waals surface area contributed by atoms with Gasteiger partial charge in [0.05, 0.1) is 18.2 Å². The summed E-state index contributed by atoms with van der Waals surface area (Å²) >= 11 is 3.40. The van der Waals surface area contributed by atoms with E-state index >= 15 is 0 Å². The van der Waals surface area contributed by atoms with Crippen molar-refractivity contribution < 1.29 is 14.6 Å². The molecule has 1 aromatic heterocycles. The van der Waals surface area contributed by atoms with Gasteiger partial charge in [-0.3, -0.25) is 0 Å². The molecule has 0 fully saturated rings. The van der Waals surface area contributed by atoms with Crippen LogP contribution in [-0.2, 0) is 20.3 Å². The molecular formula is C12H14BrN3O3. The number of hydrogen-bond acceptors (Lipinski definition) is 5. The normalized spacial score (nSPS) is 10.5. The van der Waals surface area contributed by atoms with E-state index in [1.54, 1.807) is 30.1 Å². The minimum atomic E-state index is -0.0570. The number of aromatic nitrogens is 3. The minimum Gasteiger partial charge on any atom is -0.493 e. The third-order valence-corrected chi connectivity index (χ3v) is 3.21. The zero-order chi connectivity index (χ0) is 13.8.